The Morgan fingerprint density at radius 1 is 1.35 bits per heavy atom. The topological polar surface area (TPSA) is 73.9 Å². The Bertz CT molecular complexity index is 414. The van der Waals surface area contributed by atoms with Crippen molar-refractivity contribution in [1.82, 2.24) is 10.2 Å². The van der Waals surface area contributed by atoms with E-state index in [2.05, 4.69) is 36.3 Å². The standard InChI is InChI=1S/C15H26N4O/c1-12(2)19(3)10-4-9-17-11-13-5-7-14(8-6-13)15(16)18-20/h5-8,12,17,20H,4,9-11H2,1-3H3,(H2,16,18). The SMILES string of the molecule is CC(C)N(C)CCCNCc1ccc(/C(N)=N/O)cc1. The second-order valence-corrected chi connectivity index (χ2v) is 5.29. The van der Waals surface area contributed by atoms with Gasteiger partial charge in [0.15, 0.2) is 5.84 Å². The van der Waals surface area contributed by atoms with Crippen molar-refractivity contribution in [2.75, 3.05) is 20.1 Å². The van der Waals surface area contributed by atoms with Gasteiger partial charge in [0.2, 0.25) is 0 Å². The lowest BCUT2D eigenvalue weighted by atomic mass is 10.1. The third-order valence-corrected chi connectivity index (χ3v) is 3.43. The van der Waals surface area contributed by atoms with E-state index in [4.69, 9.17) is 10.9 Å². The molecule has 0 saturated carbocycles. The van der Waals surface area contributed by atoms with E-state index in [1.807, 2.05) is 24.3 Å². The van der Waals surface area contributed by atoms with Crippen LogP contribution in [0.15, 0.2) is 29.4 Å². The van der Waals surface area contributed by atoms with Crippen molar-refractivity contribution in [2.24, 2.45) is 10.9 Å². The summed E-state index contributed by atoms with van der Waals surface area (Å²) < 4.78 is 0. The maximum atomic E-state index is 8.59. The molecule has 0 bridgehead atoms. The molecule has 0 atom stereocenters. The van der Waals surface area contributed by atoms with E-state index >= 15 is 0 Å². The van der Waals surface area contributed by atoms with E-state index in [-0.39, 0.29) is 5.84 Å². The molecule has 0 unspecified atom stereocenters. The van der Waals surface area contributed by atoms with E-state index in [9.17, 15) is 0 Å². The zero-order valence-electron chi connectivity index (χ0n) is 12.6. The van der Waals surface area contributed by atoms with Gasteiger partial charge in [0, 0.05) is 18.2 Å². The van der Waals surface area contributed by atoms with E-state index in [0.717, 1.165) is 31.6 Å². The Hall–Kier alpha value is -1.59. The zero-order valence-corrected chi connectivity index (χ0v) is 12.6. The Morgan fingerprint density at radius 2 is 2.00 bits per heavy atom. The summed E-state index contributed by atoms with van der Waals surface area (Å²) in [7, 11) is 2.15. The number of nitrogens with one attached hydrogen (secondary N) is 1. The van der Waals surface area contributed by atoms with Crippen LogP contribution in [-0.4, -0.2) is 42.1 Å². The highest BCUT2D eigenvalue weighted by Gasteiger charge is 2.02. The summed E-state index contributed by atoms with van der Waals surface area (Å²) in [6.07, 6.45) is 1.14. The minimum atomic E-state index is 0.140. The van der Waals surface area contributed by atoms with Gasteiger partial charge >= 0.3 is 0 Å². The fourth-order valence-electron chi connectivity index (χ4n) is 1.80. The molecule has 0 aliphatic heterocycles. The number of nitrogens with zero attached hydrogens (tertiary/aromatic N) is 2. The first kappa shape index (κ1) is 16.5. The van der Waals surface area contributed by atoms with Crippen molar-refractivity contribution in [2.45, 2.75) is 32.9 Å². The van der Waals surface area contributed by atoms with Crippen LogP contribution in [0.3, 0.4) is 0 Å². The molecule has 1 rings (SSSR count). The molecule has 20 heavy (non-hydrogen) atoms. The van der Waals surface area contributed by atoms with Crippen molar-refractivity contribution >= 4 is 5.84 Å². The lowest BCUT2D eigenvalue weighted by Crippen LogP contribution is -2.29. The van der Waals surface area contributed by atoms with Gasteiger partial charge in [-0.15, -0.1) is 0 Å². The number of benzene rings is 1. The Morgan fingerprint density at radius 3 is 2.55 bits per heavy atom. The molecule has 4 N–H and O–H groups in total. The summed E-state index contributed by atoms with van der Waals surface area (Å²) in [5.74, 6) is 0.140. The van der Waals surface area contributed by atoms with Gasteiger partial charge in [-0.1, -0.05) is 29.4 Å². The van der Waals surface area contributed by atoms with E-state index in [0.29, 0.717) is 6.04 Å². The van der Waals surface area contributed by atoms with Crippen LogP contribution in [0.2, 0.25) is 0 Å². The maximum Gasteiger partial charge on any atom is 0.170 e. The highest BCUT2D eigenvalue weighted by molar-refractivity contribution is 5.96. The predicted octanol–water partition coefficient (Wildman–Crippen LogP) is 1.60. The molecule has 5 nitrogen and oxygen atoms in total. The van der Waals surface area contributed by atoms with Gasteiger partial charge in [-0.05, 0) is 46.0 Å². The molecule has 5 heteroatoms. The summed E-state index contributed by atoms with van der Waals surface area (Å²) in [4.78, 5) is 2.34. The number of amidine groups is 1. The molecule has 0 aliphatic carbocycles. The first-order valence-corrected chi connectivity index (χ1v) is 7.02. The van der Waals surface area contributed by atoms with Gasteiger partial charge in [0.05, 0.1) is 0 Å². The predicted molar refractivity (Wildman–Crippen MR) is 83.0 cm³/mol. The molecule has 0 amide bonds. The van der Waals surface area contributed by atoms with Gasteiger partial charge < -0.3 is 21.2 Å². The molecule has 0 saturated heterocycles. The van der Waals surface area contributed by atoms with Crippen LogP contribution >= 0.6 is 0 Å². The molecule has 112 valence electrons. The van der Waals surface area contributed by atoms with Crippen molar-refractivity contribution in [3.63, 3.8) is 0 Å². The normalized spacial score (nSPS) is 12.3. The molecule has 0 radical (unpaired) electrons. The fraction of sp³-hybridized carbons (Fsp3) is 0.533. The first-order valence-electron chi connectivity index (χ1n) is 7.02. The molecule has 0 aliphatic rings. The highest BCUT2D eigenvalue weighted by atomic mass is 16.4. The summed E-state index contributed by atoms with van der Waals surface area (Å²) in [6.45, 7) is 7.35. The van der Waals surface area contributed by atoms with Gasteiger partial charge in [-0.25, -0.2) is 0 Å². The average molecular weight is 278 g/mol. The van der Waals surface area contributed by atoms with E-state index < -0.39 is 0 Å². The van der Waals surface area contributed by atoms with Crippen LogP contribution < -0.4 is 11.1 Å². The minimum absolute atomic E-state index is 0.140. The Balaban J connectivity index is 2.26. The molecule has 1 aromatic rings. The smallest absolute Gasteiger partial charge is 0.170 e. The number of rotatable bonds is 8. The fourth-order valence-corrected chi connectivity index (χ4v) is 1.80. The molecule has 0 spiro atoms. The summed E-state index contributed by atoms with van der Waals surface area (Å²) in [6, 6.07) is 8.29. The van der Waals surface area contributed by atoms with Crippen LogP contribution in [0, 0.1) is 0 Å². The quantitative estimate of drug-likeness (QED) is 0.222. The van der Waals surface area contributed by atoms with E-state index in [1.54, 1.807) is 0 Å². The van der Waals surface area contributed by atoms with Gasteiger partial charge in [0.25, 0.3) is 0 Å². The van der Waals surface area contributed by atoms with Crippen LogP contribution in [0.5, 0.6) is 0 Å². The number of hydrogen-bond donors (Lipinski definition) is 3. The summed E-state index contributed by atoms with van der Waals surface area (Å²) in [5, 5.41) is 15.0. The van der Waals surface area contributed by atoms with Crippen molar-refractivity contribution in [3.8, 4) is 0 Å². The third kappa shape index (κ3) is 5.59. The van der Waals surface area contributed by atoms with Gasteiger partial charge in [-0.3, -0.25) is 0 Å². The highest BCUT2D eigenvalue weighted by Crippen LogP contribution is 2.04. The number of hydrogen-bond acceptors (Lipinski definition) is 4. The molecule has 1 aromatic carbocycles. The Labute approximate surface area is 121 Å². The van der Waals surface area contributed by atoms with Gasteiger partial charge in [0.1, 0.15) is 0 Å². The van der Waals surface area contributed by atoms with Crippen molar-refractivity contribution in [3.05, 3.63) is 35.4 Å². The molecule has 0 fully saturated rings. The molecule has 0 heterocycles. The van der Waals surface area contributed by atoms with Crippen LogP contribution in [-0.2, 0) is 6.54 Å². The van der Waals surface area contributed by atoms with Crippen LogP contribution in [0.1, 0.15) is 31.4 Å². The van der Waals surface area contributed by atoms with Gasteiger partial charge in [-0.2, -0.15) is 0 Å². The second-order valence-electron chi connectivity index (χ2n) is 5.29. The van der Waals surface area contributed by atoms with E-state index in [1.165, 1.54) is 5.56 Å². The monoisotopic (exact) mass is 278 g/mol. The summed E-state index contributed by atoms with van der Waals surface area (Å²) >= 11 is 0. The average Bonchev–Trinajstić information content (AvgIpc) is 2.46. The Kier molecular flexibility index (Phi) is 7.04. The minimum Gasteiger partial charge on any atom is -0.409 e. The lowest BCUT2D eigenvalue weighted by molar-refractivity contribution is 0.269. The summed E-state index contributed by atoms with van der Waals surface area (Å²) in [5.41, 5.74) is 7.44. The molecular formula is C15H26N4O. The third-order valence-electron chi connectivity index (χ3n) is 3.43. The van der Waals surface area contributed by atoms with Crippen LogP contribution in [0.25, 0.3) is 0 Å². The molecular weight excluding hydrogens is 252 g/mol. The number of nitrogens with two attached hydrogens (primary N) is 1. The van der Waals surface area contributed by atoms with Crippen LogP contribution in [0.4, 0.5) is 0 Å². The lowest BCUT2D eigenvalue weighted by Gasteiger charge is -2.20. The second kappa shape index (κ2) is 8.55. The zero-order chi connectivity index (χ0) is 15.0. The number of oxime groups is 1. The first-order chi connectivity index (χ1) is 9.54. The maximum absolute atomic E-state index is 8.59. The van der Waals surface area contributed by atoms with Crippen molar-refractivity contribution < 1.29 is 5.21 Å². The van der Waals surface area contributed by atoms with Crippen molar-refractivity contribution in [1.29, 1.82) is 0 Å². The molecule has 0 aromatic heterocycles. The largest absolute Gasteiger partial charge is 0.409 e.